The van der Waals surface area contributed by atoms with Crippen LogP contribution in [0.25, 0.3) is 11.1 Å². The Kier molecular flexibility index (Phi) is 4.39. The van der Waals surface area contributed by atoms with Crippen molar-refractivity contribution in [2.75, 3.05) is 6.54 Å². The Balaban J connectivity index is 2.15. The first-order chi connectivity index (χ1) is 8.70. The van der Waals surface area contributed by atoms with E-state index in [4.69, 9.17) is 11.6 Å². The first-order valence-electron chi connectivity index (χ1n) is 6.19. The van der Waals surface area contributed by atoms with Crippen LogP contribution in [-0.4, -0.2) is 16.3 Å². The molecule has 1 aromatic heterocycles. The molecule has 0 amide bonds. The fraction of sp³-hybridized carbons (Fsp3) is 0.357. The van der Waals surface area contributed by atoms with Crippen LogP contribution in [0, 0.1) is 0 Å². The number of nitrogens with zero attached hydrogens (tertiary/aromatic N) is 2. The summed E-state index contributed by atoms with van der Waals surface area (Å²) in [6, 6.07) is 6.19. The number of hydrogen-bond acceptors (Lipinski definition) is 2. The molecule has 1 heterocycles. The highest BCUT2D eigenvalue weighted by atomic mass is 35.5. The molecule has 0 unspecified atom stereocenters. The largest absolute Gasteiger partial charge is 0.313 e. The summed E-state index contributed by atoms with van der Waals surface area (Å²) in [5, 5.41) is 8.31. The van der Waals surface area contributed by atoms with Crippen molar-refractivity contribution < 1.29 is 0 Å². The van der Waals surface area contributed by atoms with E-state index in [1.807, 2.05) is 25.5 Å². The number of nitrogens with one attached hydrogen (secondary N) is 1. The molecule has 0 bridgehead atoms. The van der Waals surface area contributed by atoms with E-state index in [2.05, 4.69) is 29.5 Å². The predicted octanol–water partition coefficient (Wildman–Crippen LogP) is 3.24. The minimum atomic E-state index is 0.777. The minimum absolute atomic E-state index is 0.777. The molecular weight excluding hydrogens is 246 g/mol. The third-order valence-corrected chi connectivity index (χ3v) is 3.12. The maximum absolute atomic E-state index is 6.32. The van der Waals surface area contributed by atoms with Gasteiger partial charge in [-0.1, -0.05) is 30.7 Å². The SMILES string of the molecule is CCCNCc1ccc(-c2cnn(C)c2)c(Cl)c1. The van der Waals surface area contributed by atoms with Crippen molar-refractivity contribution in [3.05, 3.63) is 41.2 Å². The Morgan fingerprint density at radius 1 is 1.39 bits per heavy atom. The van der Waals surface area contributed by atoms with Crippen molar-refractivity contribution >= 4 is 11.6 Å². The Morgan fingerprint density at radius 2 is 2.22 bits per heavy atom. The van der Waals surface area contributed by atoms with Crippen LogP contribution < -0.4 is 5.32 Å². The van der Waals surface area contributed by atoms with E-state index in [1.54, 1.807) is 4.68 Å². The fourth-order valence-electron chi connectivity index (χ4n) is 1.87. The summed E-state index contributed by atoms with van der Waals surface area (Å²) in [4.78, 5) is 0. The summed E-state index contributed by atoms with van der Waals surface area (Å²) in [5.74, 6) is 0. The molecular formula is C14H18ClN3. The molecule has 0 fully saturated rings. The topological polar surface area (TPSA) is 29.9 Å². The molecule has 0 radical (unpaired) electrons. The monoisotopic (exact) mass is 263 g/mol. The quantitative estimate of drug-likeness (QED) is 0.840. The van der Waals surface area contributed by atoms with Crippen LogP contribution in [0.5, 0.6) is 0 Å². The lowest BCUT2D eigenvalue weighted by molar-refractivity contribution is 0.675. The molecule has 2 aromatic rings. The summed E-state index contributed by atoms with van der Waals surface area (Å²) in [6.07, 6.45) is 4.94. The molecule has 0 atom stereocenters. The van der Waals surface area contributed by atoms with E-state index in [-0.39, 0.29) is 0 Å². The summed E-state index contributed by atoms with van der Waals surface area (Å²) >= 11 is 6.32. The van der Waals surface area contributed by atoms with Crippen molar-refractivity contribution in [3.8, 4) is 11.1 Å². The molecule has 3 nitrogen and oxygen atoms in total. The second-order valence-electron chi connectivity index (χ2n) is 4.39. The molecule has 96 valence electrons. The maximum Gasteiger partial charge on any atom is 0.0568 e. The zero-order chi connectivity index (χ0) is 13.0. The Labute approximate surface area is 113 Å². The van der Waals surface area contributed by atoms with Crippen molar-refractivity contribution in [1.82, 2.24) is 15.1 Å². The number of rotatable bonds is 5. The standard InChI is InChI=1S/C14H18ClN3/c1-3-6-16-8-11-4-5-13(14(15)7-11)12-9-17-18(2)10-12/h4-5,7,9-10,16H,3,6,8H2,1-2H3. The van der Waals surface area contributed by atoms with Crippen molar-refractivity contribution in [3.63, 3.8) is 0 Å². The molecule has 0 aliphatic heterocycles. The van der Waals surface area contributed by atoms with Crippen molar-refractivity contribution in [2.45, 2.75) is 19.9 Å². The average molecular weight is 264 g/mol. The van der Waals surface area contributed by atoms with E-state index >= 15 is 0 Å². The van der Waals surface area contributed by atoms with Crippen LogP contribution >= 0.6 is 11.6 Å². The highest BCUT2D eigenvalue weighted by molar-refractivity contribution is 6.33. The van der Waals surface area contributed by atoms with Gasteiger partial charge in [0.1, 0.15) is 0 Å². The van der Waals surface area contributed by atoms with Crippen molar-refractivity contribution in [1.29, 1.82) is 0 Å². The first kappa shape index (κ1) is 13.1. The zero-order valence-corrected chi connectivity index (χ0v) is 11.5. The van der Waals surface area contributed by atoms with Gasteiger partial charge in [0, 0.05) is 35.9 Å². The lowest BCUT2D eigenvalue weighted by atomic mass is 10.1. The highest BCUT2D eigenvalue weighted by Gasteiger charge is 2.06. The van der Waals surface area contributed by atoms with E-state index in [1.165, 1.54) is 5.56 Å². The highest BCUT2D eigenvalue weighted by Crippen LogP contribution is 2.28. The van der Waals surface area contributed by atoms with Crippen molar-refractivity contribution in [2.24, 2.45) is 7.05 Å². The lowest BCUT2D eigenvalue weighted by Crippen LogP contribution is -2.13. The number of aryl methyl sites for hydroxylation is 1. The van der Waals surface area contributed by atoms with E-state index in [0.29, 0.717) is 0 Å². The summed E-state index contributed by atoms with van der Waals surface area (Å²) in [5.41, 5.74) is 3.29. The van der Waals surface area contributed by atoms with Gasteiger partial charge in [-0.3, -0.25) is 4.68 Å². The van der Waals surface area contributed by atoms with Crippen LogP contribution in [0.3, 0.4) is 0 Å². The third kappa shape index (κ3) is 3.12. The molecule has 2 rings (SSSR count). The fourth-order valence-corrected chi connectivity index (χ4v) is 2.18. The van der Waals surface area contributed by atoms with Crippen LogP contribution in [0.15, 0.2) is 30.6 Å². The zero-order valence-electron chi connectivity index (χ0n) is 10.8. The number of benzene rings is 1. The molecule has 1 N–H and O–H groups in total. The van der Waals surface area contributed by atoms with E-state index in [0.717, 1.165) is 35.7 Å². The van der Waals surface area contributed by atoms with Gasteiger partial charge >= 0.3 is 0 Å². The Morgan fingerprint density at radius 3 is 2.83 bits per heavy atom. The van der Waals surface area contributed by atoms with Gasteiger partial charge in [0.25, 0.3) is 0 Å². The molecule has 0 aliphatic carbocycles. The first-order valence-corrected chi connectivity index (χ1v) is 6.56. The average Bonchev–Trinajstić information content (AvgIpc) is 2.76. The van der Waals surface area contributed by atoms with Gasteiger partial charge < -0.3 is 5.32 Å². The lowest BCUT2D eigenvalue weighted by Gasteiger charge is -2.06. The Hall–Kier alpha value is -1.32. The summed E-state index contributed by atoms with van der Waals surface area (Å²) in [6.45, 7) is 4.05. The second kappa shape index (κ2) is 6.03. The van der Waals surface area contributed by atoms with Gasteiger partial charge in [-0.2, -0.15) is 5.10 Å². The summed E-state index contributed by atoms with van der Waals surface area (Å²) in [7, 11) is 1.90. The van der Waals surface area contributed by atoms with Gasteiger partial charge in [0.2, 0.25) is 0 Å². The van der Waals surface area contributed by atoms with Crippen LogP contribution in [0.4, 0.5) is 0 Å². The maximum atomic E-state index is 6.32. The molecule has 4 heteroatoms. The third-order valence-electron chi connectivity index (χ3n) is 2.81. The van der Waals surface area contributed by atoms with Crippen LogP contribution in [-0.2, 0) is 13.6 Å². The molecule has 0 spiro atoms. The van der Waals surface area contributed by atoms with E-state index < -0.39 is 0 Å². The molecule has 18 heavy (non-hydrogen) atoms. The summed E-state index contributed by atoms with van der Waals surface area (Å²) < 4.78 is 1.78. The van der Waals surface area contributed by atoms with Gasteiger partial charge in [-0.25, -0.2) is 0 Å². The molecule has 0 saturated heterocycles. The second-order valence-corrected chi connectivity index (χ2v) is 4.80. The number of halogens is 1. The Bertz CT molecular complexity index is 520. The van der Waals surface area contributed by atoms with Gasteiger partial charge in [-0.05, 0) is 24.6 Å². The predicted molar refractivity (Wildman–Crippen MR) is 75.7 cm³/mol. The van der Waals surface area contributed by atoms with Crippen LogP contribution in [0.1, 0.15) is 18.9 Å². The molecule has 0 saturated carbocycles. The van der Waals surface area contributed by atoms with Crippen LogP contribution in [0.2, 0.25) is 5.02 Å². The molecule has 1 aromatic carbocycles. The smallest absolute Gasteiger partial charge is 0.0568 e. The van der Waals surface area contributed by atoms with E-state index in [9.17, 15) is 0 Å². The van der Waals surface area contributed by atoms with Gasteiger partial charge in [-0.15, -0.1) is 0 Å². The normalized spacial score (nSPS) is 10.8. The van der Waals surface area contributed by atoms with Gasteiger partial charge in [0.05, 0.1) is 6.20 Å². The number of hydrogen-bond donors (Lipinski definition) is 1. The molecule has 0 aliphatic rings. The number of aromatic nitrogens is 2. The minimum Gasteiger partial charge on any atom is -0.313 e. The van der Waals surface area contributed by atoms with Gasteiger partial charge in [0.15, 0.2) is 0 Å².